The molecule has 1 saturated carbocycles. The summed E-state index contributed by atoms with van der Waals surface area (Å²) in [5.74, 6) is 0.175. The molecule has 3 aromatic heterocycles. The fourth-order valence-corrected chi connectivity index (χ4v) is 7.14. The molecule has 228 valence electrons. The highest BCUT2D eigenvalue weighted by molar-refractivity contribution is 6.34. The molecule has 1 N–H and O–H groups in total. The molecule has 0 bridgehead atoms. The van der Waals surface area contributed by atoms with E-state index in [0.29, 0.717) is 40.5 Å². The zero-order valence-electron chi connectivity index (χ0n) is 24.5. The zero-order valence-corrected chi connectivity index (χ0v) is 26.0. The van der Waals surface area contributed by atoms with Crippen molar-refractivity contribution in [2.24, 2.45) is 5.92 Å². The number of pyridine rings is 1. The summed E-state index contributed by atoms with van der Waals surface area (Å²) >= 11 is 12.7. The molecule has 1 aliphatic carbocycles. The van der Waals surface area contributed by atoms with Crippen molar-refractivity contribution in [3.8, 4) is 5.69 Å². The Hall–Kier alpha value is -3.66. The van der Waals surface area contributed by atoms with Gasteiger partial charge in [-0.05, 0) is 94.2 Å². The Labute approximate surface area is 264 Å². The summed E-state index contributed by atoms with van der Waals surface area (Å²) in [4.78, 5) is 31.1. The summed E-state index contributed by atoms with van der Waals surface area (Å²) in [5.41, 5.74) is 4.48. The molecule has 1 saturated heterocycles. The Morgan fingerprint density at radius 2 is 1.80 bits per heavy atom. The second-order valence-corrected chi connectivity index (χ2v) is 12.7. The average molecular weight is 634 g/mol. The van der Waals surface area contributed by atoms with Gasteiger partial charge in [-0.15, -0.1) is 0 Å². The fourth-order valence-electron chi connectivity index (χ4n) is 6.75. The predicted octanol–water partition coefficient (Wildman–Crippen LogP) is 6.84. The molecule has 1 atom stereocenters. The lowest BCUT2D eigenvalue weighted by Gasteiger charge is -2.29. The van der Waals surface area contributed by atoms with Gasteiger partial charge in [0.1, 0.15) is 0 Å². The number of para-hydroxylation sites is 2. The van der Waals surface area contributed by atoms with Crippen molar-refractivity contribution in [1.29, 1.82) is 0 Å². The largest absolute Gasteiger partial charge is 0.356 e. The molecule has 2 aliphatic rings. The third-order valence-electron chi connectivity index (χ3n) is 9.09. The highest BCUT2D eigenvalue weighted by atomic mass is 35.5. The fraction of sp³-hybridized carbons (Fsp3) is 0.394. The van der Waals surface area contributed by atoms with Crippen LogP contribution in [0.1, 0.15) is 67.2 Å². The quantitative estimate of drug-likeness (QED) is 0.221. The number of imidazole rings is 1. The van der Waals surface area contributed by atoms with Crippen LogP contribution in [0.25, 0.3) is 27.6 Å². The second kappa shape index (κ2) is 12.0. The van der Waals surface area contributed by atoms with Crippen molar-refractivity contribution in [3.63, 3.8) is 0 Å². The molecule has 1 aliphatic heterocycles. The monoisotopic (exact) mass is 632 g/mol. The van der Waals surface area contributed by atoms with Gasteiger partial charge in [0.15, 0.2) is 11.4 Å². The van der Waals surface area contributed by atoms with E-state index in [9.17, 15) is 9.59 Å². The van der Waals surface area contributed by atoms with Gasteiger partial charge in [0.2, 0.25) is 0 Å². The topological polar surface area (TPSA) is 96.0 Å². The van der Waals surface area contributed by atoms with Crippen LogP contribution in [0.3, 0.4) is 0 Å². The minimum absolute atomic E-state index is 0.0756. The van der Waals surface area contributed by atoms with Crippen LogP contribution < -0.4 is 11.0 Å². The van der Waals surface area contributed by atoms with E-state index in [1.165, 1.54) is 0 Å². The molecule has 0 spiro atoms. The summed E-state index contributed by atoms with van der Waals surface area (Å²) in [6.45, 7) is 3.14. The average Bonchev–Trinajstić information content (AvgIpc) is 3.52. The number of halogens is 2. The van der Waals surface area contributed by atoms with Gasteiger partial charge in [0.05, 0.1) is 38.5 Å². The van der Waals surface area contributed by atoms with E-state index in [0.717, 1.165) is 72.6 Å². The third kappa shape index (κ3) is 5.42. The van der Waals surface area contributed by atoms with E-state index in [1.807, 2.05) is 58.6 Å². The second-order valence-electron chi connectivity index (χ2n) is 12.0. The molecule has 2 fully saturated rings. The van der Waals surface area contributed by atoms with Gasteiger partial charge < -0.3 is 10.1 Å². The number of fused-ring (bicyclic) bond motifs is 2. The number of nitrogens with one attached hydrogen (secondary N) is 1. The Balaban J connectivity index is 1.11. The van der Waals surface area contributed by atoms with Crippen LogP contribution >= 0.6 is 23.2 Å². The van der Waals surface area contributed by atoms with Crippen LogP contribution in [0.4, 0.5) is 0 Å². The summed E-state index contributed by atoms with van der Waals surface area (Å²) in [5, 5.41) is 9.40. The summed E-state index contributed by atoms with van der Waals surface area (Å²) < 4.78 is 11.5. The van der Waals surface area contributed by atoms with Gasteiger partial charge in [-0.3, -0.25) is 18.9 Å². The van der Waals surface area contributed by atoms with Gasteiger partial charge in [-0.25, -0.2) is 9.48 Å². The highest BCUT2D eigenvalue weighted by Crippen LogP contribution is 2.33. The van der Waals surface area contributed by atoms with Crippen molar-refractivity contribution < 1.29 is 9.53 Å². The number of amides is 1. The summed E-state index contributed by atoms with van der Waals surface area (Å²) in [6.07, 6.45) is 7.98. The SMILES string of the molecule is Cc1ncc(Cl)cc1C(=O)NC1CCC(Cn2c(=O)n(-c3ccc4c(c3)c(Cl)nn4C3CCCCO3)c3ccccc32)CC1. The first-order valence-electron chi connectivity index (χ1n) is 15.3. The van der Waals surface area contributed by atoms with E-state index < -0.39 is 0 Å². The number of aryl methyl sites for hydroxylation is 1. The van der Waals surface area contributed by atoms with Gasteiger partial charge >= 0.3 is 5.69 Å². The molecule has 7 rings (SSSR count). The van der Waals surface area contributed by atoms with E-state index in [-0.39, 0.29) is 23.9 Å². The van der Waals surface area contributed by atoms with E-state index in [2.05, 4.69) is 15.4 Å². The van der Waals surface area contributed by atoms with Crippen LogP contribution in [0.15, 0.2) is 59.5 Å². The highest BCUT2D eigenvalue weighted by Gasteiger charge is 2.26. The number of aromatic nitrogens is 5. The molecule has 1 amide bonds. The Morgan fingerprint density at radius 3 is 2.57 bits per heavy atom. The molecule has 9 nitrogen and oxygen atoms in total. The normalized spacial score (nSPS) is 20.8. The smallest absolute Gasteiger partial charge is 0.333 e. The maximum atomic E-state index is 14.0. The molecule has 5 aromatic rings. The molecule has 2 aromatic carbocycles. The van der Waals surface area contributed by atoms with Gasteiger partial charge in [-0.2, -0.15) is 5.10 Å². The van der Waals surface area contributed by atoms with Crippen molar-refractivity contribution in [1.82, 2.24) is 29.2 Å². The van der Waals surface area contributed by atoms with Crippen LogP contribution in [0.2, 0.25) is 10.2 Å². The minimum atomic E-state index is -0.144. The molecule has 11 heteroatoms. The summed E-state index contributed by atoms with van der Waals surface area (Å²) in [7, 11) is 0. The molecular weight excluding hydrogens is 599 g/mol. The van der Waals surface area contributed by atoms with Crippen molar-refractivity contribution in [3.05, 3.63) is 86.6 Å². The number of nitrogens with zero attached hydrogens (tertiary/aromatic N) is 5. The Kier molecular flexibility index (Phi) is 7.95. The standard InChI is InChI=1S/C33H34Cl2N6O3/c1-20-25(16-22(34)18-36-20)32(42)37-23-11-9-21(10-12-23)19-39-28-6-2-3-7-29(28)40(33(39)43)24-13-14-27-26(17-24)31(35)38-41(27)30-8-4-5-15-44-30/h2-3,6-7,13-14,16-18,21,23,30H,4-5,8-12,15,19H2,1H3,(H,37,42). The molecule has 0 radical (unpaired) electrons. The lowest BCUT2D eigenvalue weighted by atomic mass is 9.85. The molecular formula is C33H34Cl2N6O3. The van der Waals surface area contributed by atoms with E-state index in [4.69, 9.17) is 27.9 Å². The van der Waals surface area contributed by atoms with E-state index in [1.54, 1.807) is 16.8 Å². The Morgan fingerprint density at radius 1 is 1.00 bits per heavy atom. The van der Waals surface area contributed by atoms with Gasteiger partial charge in [-0.1, -0.05) is 35.3 Å². The number of benzene rings is 2. The first-order chi connectivity index (χ1) is 21.4. The van der Waals surface area contributed by atoms with Gasteiger partial charge in [0, 0.05) is 30.8 Å². The maximum absolute atomic E-state index is 14.0. The van der Waals surface area contributed by atoms with Gasteiger partial charge in [0.25, 0.3) is 5.91 Å². The lowest BCUT2D eigenvalue weighted by Crippen LogP contribution is -2.39. The number of hydrogen-bond acceptors (Lipinski definition) is 5. The third-order valence-corrected chi connectivity index (χ3v) is 9.57. The number of carbonyl (C=O) groups is 1. The predicted molar refractivity (Wildman–Crippen MR) is 172 cm³/mol. The van der Waals surface area contributed by atoms with Crippen LogP contribution in [-0.4, -0.2) is 42.5 Å². The number of ether oxygens (including phenoxy) is 1. The molecule has 4 heterocycles. The summed E-state index contributed by atoms with van der Waals surface area (Å²) in [6, 6.07) is 15.5. The molecule has 1 unspecified atom stereocenters. The lowest BCUT2D eigenvalue weighted by molar-refractivity contribution is -0.0366. The van der Waals surface area contributed by atoms with E-state index >= 15 is 0 Å². The number of rotatable bonds is 6. The zero-order chi connectivity index (χ0) is 30.4. The van der Waals surface area contributed by atoms with Crippen molar-refractivity contribution in [2.45, 2.75) is 70.7 Å². The van der Waals surface area contributed by atoms with Crippen LogP contribution in [0.5, 0.6) is 0 Å². The van der Waals surface area contributed by atoms with Crippen LogP contribution in [0, 0.1) is 12.8 Å². The number of carbonyl (C=O) groups excluding carboxylic acids is 1. The number of hydrogen-bond donors (Lipinski definition) is 1. The first kappa shape index (κ1) is 29.1. The van der Waals surface area contributed by atoms with Crippen molar-refractivity contribution in [2.75, 3.05) is 6.61 Å². The minimum Gasteiger partial charge on any atom is -0.356 e. The Bertz CT molecular complexity index is 1910. The molecule has 44 heavy (non-hydrogen) atoms. The van der Waals surface area contributed by atoms with Crippen molar-refractivity contribution >= 4 is 51.0 Å². The first-order valence-corrected chi connectivity index (χ1v) is 16.1. The van der Waals surface area contributed by atoms with Crippen LogP contribution in [-0.2, 0) is 11.3 Å². The maximum Gasteiger partial charge on any atom is 0.333 e.